The number of carbonyl (C=O) groups excluding carboxylic acids is 3. The van der Waals surface area contributed by atoms with Crippen molar-refractivity contribution in [3.05, 3.63) is 35.4 Å². The molecule has 0 N–H and O–H groups in total. The molecule has 0 spiro atoms. The molecule has 0 saturated carbocycles. The molecule has 1 atom stereocenters. The minimum Gasteiger partial charge on any atom is -0.338 e. The highest BCUT2D eigenvalue weighted by molar-refractivity contribution is 6.22. The Bertz CT molecular complexity index is 658. The summed E-state index contributed by atoms with van der Waals surface area (Å²) in [6.07, 6.45) is 0. The smallest absolute Gasteiger partial charge is 0.262 e. The molecule has 2 aliphatic heterocycles. The number of rotatable bonds is 4. The summed E-state index contributed by atoms with van der Waals surface area (Å²) >= 11 is 0. The summed E-state index contributed by atoms with van der Waals surface area (Å²) in [5, 5.41) is 0. The monoisotopic (exact) mass is 343 g/mol. The lowest BCUT2D eigenvalue weighted by atomic mass is 10.0. The van der Waals surface area contributed by atoms with E-state index in [1.807, 2.05) is 13.8 Å². The Morgan fingerprint density at radius 2 is 1.52 bits per heavy atom. The zero-order valence-electron chi connectivity index (χ0n) is 15.1. The van der Waals surface area contributed by atoms with Crippen LogP contribution in [0.15, 0.2) is 24.3 Å². The predicted molar refractivity (Wildman–Crippen MR) is 94.3 cm³/mol. The number of amides is 3. The van der Waals surface area contributed by atoms with E-state index in [1.165, 1.54) is 4.90 Å². The number of imide groups is 1. The van der Waals surface area contributed by atoms with Crippen LogP contribution in [0.5, 0.6) is 0 Å². The van der Waals surface area contributed by atoms with Crippen LogP contribution in [0.1, 0.15) is 41.5 Å². The zero-order valence-corrected chi connectivity index (χ0v) is 15.1. The van der Waals surface area contributed by atoms with Gasteiger partial charge in [0.1, 0.15) is 6.04 Å². The highest BCUT2D eigenvalue weighted by atomic mass is 16.2. The molecule has 0 bridgehead atoms. The van der Waals surface area contributed by atoms with E-state index < -0.39 is 6.04 Å². The minimum absolute atomic E-state index is 0.125. The second-order valence-electron chi connectivity index (χ2n) is 6.97. The van der Waals surface area contributed by atoms with Gasteiger partial charge in [-0.25, -0.2) is 0 Å². The van der Waals surface area contributed by atoms with Crippen molar-refractivity contribution < 1.29 is 14.4 Å². The summed E-state index contributed by atoms with van der Waals surface area (Å²) in [6.45, 7) is 9.77. The molecule has 0 aliphatic carbocycles. The van der Waals surface area contributed by atoms with Crippen LogP contribution in [-0.2, 0) is 4.79 Å². The van der Waals surface area contributed by atoms with Crippen LogP contribution >= 0.6 is 0 Å². The number of piperazine rings is 1. The van der Waals surface area contributed by atoms with Crippen molar-refractivity contribution in [2.75, 3.05) is 32.7 Å². The van der Waals surface area contributed by atoms with Crippen molar-refractivity contribution in [2.45, 2.75) is 26.8 Å². The maximum absolute atomic E-state index is 13.1. The van der Waals surface area contributed by atoms with Crippen LogP contribution in [-0.4, -0.2) is 71.2 Å². The van der Waals surface area contributed by atoms with Gasteiger partial charge in [0.2, 0.25) is 5.91 Å². The van der Waals surface area contributed by atoms with Crippen LogP contribution in [0, 0.1) is 5.92 Å². The van der Waals surface area contributed by atoms with Crippen molar-refractivity contribution in [1.82, 2.24) is 14.7 Å². The number of nitrogens with zero attached hydrogens (tertiary/aromatic N) is 3. The first-order valence-corrected chi connectivity index (χ1v) is 8.93. The molecule has 1 aromatic carbocycles. The molecule has 25 heavy (non-hydrogen) atoms. The number of hydrogen-bond acceptors (Lipinski definition) is 4. The SMILES string of the molecule is CCN1CCN(C(=O)C(C(C)C)N2C(=O)c3ccccc3C2=O)CC1. The van der Waals surface area contributed by atoms with E-state index in [2.05, 4.69) is 11.8 Å². The Labute approximate surface area is 148 Å². The van der Waals surface area contributed by atoms with Gasteiger partial charge >= 0.3 is 0 Å². The second kappa shape index (κ2) is 6.96. The third kappa shape index (κ3) is 3.06. The molecular weight excluding hydrogens is 318 g/mol. The van der Waals surface area contributed by atoms with Gasteiger partial charge in [0, 0.05) is 26.2 Å². The van der Waals surface area contributed by atoms with Crippen LogP contribution in [0.3, 0.4) is 0 Å². The van der Waals surface area contributed by atoms with E-state index in [0.29, 0.717) is 24.2 Å². The first kappa shape index (κ1) is 17.6. The van der Waals surface area contributed by atoms with Gasteiger partial charge in [-0.05, 0) is 24.6 Å². The minimum atomic E-state index is -0.749. The van der Waals surface area contributed by atoms with E-state index in [9.17, 15) is 14.4 Å². The molecule has 2 aliphatic rings. The third-order valence-electron chi connectivity index (χ3n) is 5.12. The van der Waals surface area contributed by atoms with Crippen molar-refractivity contribution >= 4 is 17.7 Å². The largest absolute Gasteiger partial charge is 0.338 e. The maximum Gasteiger partial charge on any atom is 0.262 e. The van der Waals surface area contributed by atoms with Crippen LogP contribution in [0.25, 0.3) is 0 Å². The van der Waals surface area contributed by atoms with Crippen molar-refractivity contribution in [3.8, 4) is 0 Å². The molecule has 1 aromatic rings. The molecule has 1 saturated heterocycles. The van der Waals surface area contributed by atoms with Gasteiger partial charge in [0.15, 0.2) is 0 Å². The molecule has 0 aromatic heterocycles. The van der Waals surface area contributed by atoms with E-state index in [1.54, 1.807) is 29.2 Å². The van der Waals surface area contributed by atoms with Crippen LogP contribution in [0.2, 0.25) is 0 Å². The number of carbonyl (C=O) groups is 3. The number of benzene rings is 1. The van der Waals surface area contributed by atoms with Gasteiger partial charge in [0.05, 0.1) is 11.1 Å². The second-order valence-corrected chi connectivity index (χ2v) is 6.97. The summed E-state index contributed by atoms with van der Waals surface area (Å²) < 4.78 is 0. The topological polar surface area (TPSA) is 60.9 Å². The Kier molecular flexibility index (Phi) is 4.90. The molecule has 2 heterocycles. The highest BCUT2D eigenvalue weighted by Gasteiger charge is 2.45. The summed E-state index contributed by atoms with van der Waals surface area (Å²) in [7, 11) is 0. The molecule has 134 valence electrons. The van der Waals surface area contributed by atoms with Crippen molar-refractivity contribution in [3.63, 3.8) is 0 Å². The van der Waals surface area contributed by atoms with Crippen molar-refractivity contribution in [2.24, 2.45) is 5.92 Å². The Balaban J connectivity index is 1.84. The van der Waals surface area contributed by atoms with Gasteiger partial charge in [0.25, 0.3) is 11.8 Å². The number of fused-ring (bicyclic) bond motifs is 1. The molecule has 6 heteroatoms. The molecule has 3 amide bonds. The first-order chi connectivity index (χ1) is 12.0. The zero-order chi connectivity index (χ0) is 18.1. The fraction of sp³-hybridized carbons (Fsp3) is 0.526. The number of likely N-dealkylation sites (N-methyl/N-ethyl adjacent to an activating group) is 1. The Hall–Kier alpha value is -2.21. The van der Waals surface area contributed by atoms with E-state index in [4.69, 9.17) is 0 Å². The van der Waals surface area contributed by atoms with E-state index in [0.717, 1.165) is 19.6 Å². The maximum atomic E-state index is 13.1. The third-order valence-corrected chi connectivity index (χ3v) is 5.12. The van der Waals surface area contributed by atoms with Gasteiger partial charge in [-0.1, -0.05) is 32.9 Å². The van der Waals surface area contributed by atoms with Gasteiger partial charge in [-0.2, -0.15) is 0 Å². The summed E-state index contributed by atoms with van der Waals surface area (Å²) in [6, 6.07) is 6.03. The standard InChI is InChI=1S/C19H25N3O3/c1-4-20-9-11-21(12-10-20)19(25)16(13(2)3)22-17(23)14-7-5-6-8-15(14)18(22)24/h5-8,13,16H,4,9-12H2,1-3H3. The van der Waals surface area contributed by atoms with E-state index in [-0.39, 0.29) is 23.6 Å². The fourth-order valence-electron chi connectivity index (χ4n) is 3.63. The molecular formula is C19H25N3O3. The fourth-order valence-corrected chi connectivity index (χ4v) is 3.63. The Morgan fingerprint density at radius 1 is 1.00 bits per heavy atom. The molecule has 1 unspecified atom stereocenters. The predicted octanol–water partition coefficient (Wildman–Crippen LogP) is 1.47. The van der Waals surface area contributed by atoms with Crippen LogP contribution in [0.4, 0.5) is 0 Å². The van der Waals surface area contributed by atoms with Gasteiger partial charge < -0.3 is 9.80 Å². The lowest BCUT2D eigenvalue weighted by Crippen LogP contribution is -2.57. The molecule has 0 radical (unpaired) electrons. The van der Waals surface area contributed by atoms with E-state index >= 15 is 0 Å². The number of hydrogen-bond donors (Lipinski definition) is 0. The van der Waals surface area contributed by atoms with Crippen LogP contribution < -0.4 is 0 Å². The average molecular weight is 343 g/mol. The van der Waals surface area contributed by atoms with Gasteiger partial charge in [-0.3, -0.25) is 19.3 Å². The summed E-state index contributed by atoms with van der Waals surface area (Å²) in [5.74, 6) is -0.987. The molecule has 1 fully saturated rings. The molecule has 3 rings (SSSR count). The average Bonchev–Trinajstić information content (AvgIpc) is 2.87. The summed E-state index contributed by atoms with van der Waals surface area (Å²) in [4.78, 5) is 43.9. The lowest BCUT2D eigenvalue weighted by molar-refractivity contribution is -0.138. The molecule has 6 nitrogen and oxygen atoms in total. The highest BCUT2D eigenvalue weighted by Crippen LogP contribution is 2.28. The lowest BCUT2D eigenvalue weighted by Gasteiger charge is -2.38. The normalized spacial score (nSPS) is 19.5. The summed E-state index contributed by atoms with van der Waals surface area (Å²) in [5.41, 5.74) is 0.781. The van der Waals surface area contributed by atoms with Crippen molar-refractivity contribution in [1.29, 1.82) is 0 Å². The quantitative estimate of drug-likeness (QED) is 0.777. The van der Waals surface area contributed by atoms with Gasteiger partial charge in [-0.15, -0.1) is 0 Å². The Morgan fingerprint density at radius 3 is 1.96 bits per heavy atom. The first-order valence-electron chi connectivity index (χ1n) is 8.93.